The third-order valence-corrected chi connectivity index (χ3v) is 6.57. The van der Waals surface area contributed by atoms with E-state index < -0.39 is 30.3 Å². The summed E-state index contributed by atoms with van der Waals surface area (Å²) in [5.74, 6) is -0.756. The van der Waals surface area contributed by atoms with E-state index in [-0.39, 0.29) is 76.4 Å². The fraction of sp³-hybridized carbons (Fsp3) is 0.522. The first-order valence-corrected chi connectivity index (χ1v) is 13.0. The fourth-order valence-electron chi connectivity index (χ4n) is 4.13. The van der Waals surface area contributed by atoms with Gasteiger partial charge in [-0.2, -0.15) is 0 Å². The van der Waals surface area contributed by atoms with Crippen LogP contribution in [0.25, 0.3) is 0 Å². The van der Waals surface area contributed by atoms with Gasteiger partial charge in [0.2, 0.25) is 5.91 Å². The smallest absolute Gasteiger partial charge is 0.407 e. The van der Waals surface area contributed by atoms with Crippen LogP contribution in [0.3, 0.4) is 0 Å². The highest BCUT2D eigenvalue weighted by molar-refractivity contribution is 9.09. The van der Waals surface area contributed by atoms with Crippen molar-refractivity contribution in [3.63, 3.8) is 0 Å². The molecule has 0 spiro atoms. The Morgan fingerprint density at radius 1 is 0.711 bits per heavy atom. The molecule has 0 aliphatic carbocycles. The van der Waals surface area contributed by atoms with Crippen LogP contribution in [0, 0.1) is 5.92 Å². The highest BCUT2D eigenvalue weighted by Gasteiger charge is 2.26. The lowest BCUT2D eigenvalue weighted by atomic mass is 9.97. The molecule has 5 N–H and O–H groups in total. The number of carbonyl (C=O) groups excluding carboxylic acids is 1. The first-order valence-electron chi connectivity index (χ1n) is 11.9. The van der Waals surface area contributed by atoms with Crippen molar-refractivity contribution >= 4 is 51.9 Å². The van der Waals surface area contributed by atoms with Gasteiger partial charge in [0, 0.05) is 58.0 Å². The van der Waals surface area contributed by atoms with Crippen molar-refractivity contribution in [2.75, 3.05) is 63.0 Å². The van der Waals surface area contributed by atoms with Crippen LogP contribution < -0.4 is 5.32 Å². The lowest BCUT2D eigenvalue weighted by Crippen LogP contribution is -2.48. The molecule has 1 fully saturated rings. The summed E-state index contributed by atoms with van der Waals surface area (Å²) in [6, 6.07) is 6.84. The minimum Gasteiger partial charge on any atom is -0.465 e. The third-order valence-electron chi connectivity index (χ3n) is 6.06. The highest BCUT2D eigenvalue weighted by atomic mass is 79.9. The normalized spacial score (nSPS) is 16.4. The SMILES string of the molecule is O=C(CBr)Nc1ccc(CC2CN(C(=O)O)CCN(C(=O)O)CCCN(C(=O)O)CCN(C(=O)O)C2)cc1. The van der Waals surface area contributed by atoms with Gasteiger partial charge in [-0.25, -0.2) is 19.2 Å². The molecule has 1 saturated heterocycles. The van der Waals surface area contributed by atoms with Crippen LogP contribution in [-0.2, 0) is 11.2 Å². The lowest BCUT2D eigenvalue weighted by Gasteiger charge is -2.32. The molecule has 1 aromatic carbocycles. The summed E-state index contributed by atoms with van der Waals surface area (Å²) < 4.78 is 0. The van der Waals surface area contributed by atoms with Crippen molar-refractivity contribution in [2.24, 2.45) is 5.92 Å². The number of nitrogens with one attached hydrogen (secondary N) is 1. The maximum atomic E-state index is 12.0. The predicted molar refractivity (Wildman–Crippen MR) is 139 cm³/mol. The molecular formula is C23H32BrN5O9. The molecular weight excluding hydrogens is 570 g/mol. The molecule has 1 aliphatic heterocycles. The standard InChI is InChI=1S/C23H32BrN5O9/c24-13-19(30)25-18-4-2-16(3-5-18)12-17-14-28(22(35)36)10-8-26(20(31)32)6-1-7-27(21(33)34)9-11-29(15-17)23(37)38/h2-5,17H,1,6-15H2,(H,25,30)(H,31,32)(H,33,34)(H,35,36)(H,37,38). The lowest BCUT2D eigenvalue weighted by molar-refractivity contribution is -0.113. The molecule has 210 valence electrons. The summed E-state index contributed by atoms with van der Waals surface area (Å²) in [5.41, 5.74) is 1.33. The Kier molecular flexibility index (Phi) is 11.9. The Balaban J connectivity index is 2.31. The van der Waals surface area contributed by atoms with Crippen molar-refractivity contribution in [3.05, 3.63) is 29.8 Å². The second-order valence-electron chi connectivity index (χ2n) is 8.80. The van der Waals surface area contributed by atoms with E-state index in [1.165, 1.54) is 0 Å². The van der Waals surface area contributed by atoms with E-state index in [4.69, 9.17) is 0 Å². The number of hydrogen-bond acceptors (Lipinski definition) is 5. The van der Waals surface area contributed by atoms with Gasteiger partial charge in [-0.05, 0) is 36.5 Å². The van der Waals surface area contributed by atoms with E-state index in [2.05, 4.69) is 21.2 Å². The number of carbonyl (C=O) groups is 5. The molecule has 0 bridgehead atoms. The molecule has 1 heterocycles. The summed E-state index contributed by atoms with van der Waals surface area (Å²) in [5, 5.41) is 41.4. The van der Waals surface area contributed by atoms with Crippen molar-refractivity contribution in [1.29, 1.82) is 0 Å². The maximum absolute atomic E-state index is 12.0. The highest BCUT2D eigenvalue weighted by Crippen LogP contribution is 2.17. The van der Waals surface area contributed by atoms with Gasteiger partial charge in [-0.3, -0.25) is 4.79 Å². The summed E-state index contributed by atoms with van der Waals surface area (Å²) >= 11 is 3.07. The zero-order chi connectivity index (χ0) is 28.2. The quantitative estimate of drug-likeness (QED) is 0.322. The number of amides is 5. The van der Waals surface area contributed by atoms with Gasteiger partial charge < -0.3 is 45.3 Å². The van der Waals surface area contributed by atoms with Gasteiger partial charge in [0.25, 0.3) is 0 Å². The van der Waals surface area contributed by atoms with Gasteiger partial charge in [0.15, 0.2) is 0 Å². The molecule has 14 nitrogen and oxygen atoms in total. The number of halogens is 1. The molecule has 1 aliphatic rings. The summed E-state index contributed by atoms with van der Waals surface area (Å²) in [6.07, 6.45) is -4.56. The first kappa shape index (κ1) is 30.5. The van der Waals surface area contributed by atoms with Crippen molar-refractivity contribution < 1.29 is 44.4 Å². The van der Waals surface area contributed by atoms with Crippen molar-refractivity contribution in [1.82, 2.24) is 19.6 Å². The summed E-state index contributed by atoms with van der Waals surface area (Å²) in [7, 11) is 0. The van der Waals surface area contributed by atoms with E-state index in [1.807, 2.05) is 0 Å². The van der Waals surface area contributed by atoms with Gasteiger partial charge in [0.1, 0.15) is 0 Å². The second kappa shape index (κ2) is 14.9. The number of rotatable bonds is 4. The molecule has 0 aromatic heterocycles. The predicted octanol–water partition coefficient (Wildman–Crippen LogP) is 2.50. The topological polar surface area (TPSA) is 191 Å². The van der Waals surface area contributed by atoms with E-state index in [0.29, 0.717) is 5.69 Å². The van der Waals surface area contributed by atoms with Crippen LogP contribution in [0.5, 0.6) is 0 Å². The van der Waals surface area contributed by atoms with Crippen molar-refractivity contribution in [3.8, 4) is 0 Å². The Morgan fingerprint density at radius 2 is 1.13 bits per heavy atom. The van der Waals surface area contributed by atoms with Crippen LogP contribution in [0.1, 0.15) is 12.0 Å². The number of hydrogen-bond donors (Lipinski definition) is 5. The molecule has 15 heteroatoms. The van der Waals surface area contributed by atoms with Crippen LogP contribution in [-0.4, -0.2) is 128 Å². The van der Waals surface area contributed by atoms with E-state index in [0.717, 1.165) is 25.2 Å². The van der Waals surface area contributed by atoms with Gasteiger partial charge in [0.05, 0.1) is 5.33 Å². The molecule has 0 radical (unpaired) electrons. The Morgan fingerprint density at radius 3 is 1.53 bits per heavy atom. The van der Waals surface area contributed by atoms with Gasteiger partial charge in [-0.1, -0.05) is 28.1 Å². The second-order valence-corrected chi connectivity index (χ2v) is 9.36. The fourth-order valence-corrected chi connectivity index (χ4v) is 4.27. The Bertz CT molecular complexity index is 948. The minimum absolute atomic E-state index is 0.00336. The average molecular weight is 602 g/mol. The zero-order valence-electron chi connectivity index (χ0n) is 20.7. The minimum atomic E-state index is -1.26. The monoisotopic (exact) mass is 601 g/mol. The molecule has 5 amide bonds. The van der Waals surface area contributed by atoms with Crippen LogP contribution in [0.2, 0.25) is 0 Å². The van der Waals surface area contributed by atoms with Crippen LogP contribution in [0.4, 0.5) is 24.9 Å². The van der Waals surface area contributed by atoms with E-state index in [1.54, 1.807) is 24.3 Å². The molecule has 1 aromatic rings. The zero-order valence-corrected chi connectivity index (χ0v) is 22.2. The number of alkyl halides is 1. The van der Waals surface area contributed by atoms with E-state index in [9.17, 15) is 44.4 Å². The summed E-state index contributed by atoms with van der Waals surface area (Å²) in [4.78, 5) is 63.1. The number of anilines is 1. The molecule has 0 unspecified atom stereocenters. The van der Waals surface area contributed by atoms with Gasteiger partial charge in [-0.15, -0.1) is 0 Å². The third kappa shape index (κ3) is 9.95. The Hall–Kier alpha value is -3.75. The van der Waals surface area contributed by atoms with Crippen LogP contribution in [0.15, 0.2) is 24.3 Å². The van der Waals surface area contributed by atoms with Crippen LogP contribution >= 0.6 is 15.9 Å². The summed E-state index contributed by atoms with van der Waals surface area (Å²) in [6.45, 7) is -0.656. The Labute approximate surface area is 227 Å². The maximum Gasteiger partial charge on any atom is 0.407 e. The average Bonchev–Trinajstić information content (AvgIpc) is 2.85. The molecule has 0 atom stereocenters. The molecule has 38 heavy (non-hydrogen) atoms. The number of carboxylic acid groups (broad SMARTS) is 4. The van der Waals surface area contributed by atoms with Crippen molar-refractivity contribution in [2.45, 2.75) is 12.8 Å². The molecule has 2 rings (SSSR count). The number of benzene rings is 1. The van der Waals surface area contributed by atoms with Gasteiger partial charge >= 0.3 is 24.4 Å². The van der Waals surface area contributed by atoms with E-state index >= 15 is 0 Å². The molecule has 0 saturated carbocycles. The largest absolute Gasteiger partial charge is 0.465 e. The first-order chi connectivity index (χ1) is 18.0. The number of nitrogens with zero attached hydrogens (tertiary/aromatic N) is 4.